The predicted molar refractivity (Wildman–Crippen MR) is 112 cm³/mol. The SMILES string of the molecule is CCNC(=NCC(=O)Nc1ccc(O)cc1)N(C)CCOc1ccccc1C. The third-order valence-electron chi connectivity index (χ3n) is 4.00. The van der Waals surface area contributed by atoms with Gasteiger partial charge in [0.05, 0.1) is 6.54 Å². The summed E-state index contributed by atoms with van der Waals surface area (Å²) in [5.41, 5.74) is 1.71. The van der Waals surface area contributed by atoms with Gasteiger partial charge in [-0.2, -0.15) is 0 Å². The Kier molecular flexibility index (Phi) is 8.14. The lowest BCUT2D eigenvalue weighted by Gasteiger charge is -2.22. The number of aryl methyl sites for hydroxylation is 1. The van der Waals surface area contributed by atoms with Gasteiger partial charge in [0.25, 0.3) is 0 Å². The number of benzene rings is 2. The number of phenols is 1. The average molecular weight is 384 g/mol. The highest BCUT2D eigenvalue weighted by Crippen LogP contribution is 2.16. The van der Waals surface area contributed by atoms with Crippen LogP contribution in [0.4, 0.5) is 5.69 Å². The predicted octanol–water partition coefficient (Wildman–Crippen LogP) is 2.62. The first-order chi connectivity index (χ1) is 13.5. The van der Waals surface area contributed by atoms with Gasteiger partial charge in [0.15, 0.2) is 5.96 Å². The third kappa shape index (κ3) is 6.83. The Morgan fingerprint density at radius 3 is 2.57 bits per heavy atom. The number of likely N-dealkylation sites (N-methyl/N-ethyl adjacent to an activating group) is 1. The number of anilines is 1. The maximum Gasteiger partial charge on any atom is 0.246 e. The number of guanidine groups is 1. The minimum atomic E-state index is -0.231. The van der Waals surface area contributed by atoms with Crippen LogP contribution in [0.25, 0.3) is 0 Å². The van der Waals surface area contributed by atoms with E-state index in [1.54, 1.807) is 12.1 Å². The minimum Gasteiger partial charge on any atom is -0.508 e. The monoisotopic (exact) mass is 384 g/mol. The molecule has 0 heterocycles. The quantitative estimate of drug-likeness (QED) is 0.370. The standard InChI is InChI=1S/C21H28N4O3/c1-4-22-21(23-15-20(27)24-17-9-11-18(26)12-10-17)25(3)13-14-28-19-8-6-5-7-16(19)2/h5-12,26H,4,13-15H2,1-3H3,(H,22,23)(H,24,27). The zero-order valence-electron chi connectivity index (χ0n) is 16.6. The van der Waals surface area contributed by atoms with Crippen LogP contribution in [0.15, 0.2) is 53.5 Å². The largest absolute Gasteiger partial charge is 0.508 e. The number of aliphatic imine (C=N–C) groups is 1. The van der Waals surface area contributed by atoms with Gasteiger partial charge in [0, 0.05) is 19.3 Å². The van der Waals surface area contributed by atoms with Gasteiger partial charge >= 0.3 is 0 Å². The van der Waals surface area contributed by atoms with Crippen molar-refractivity contribution in [1.29, 1.82) is 0 Å². The lowest BCUT2D eigenvalue weighted by atomic mass is 10.2. The summed E-state index contributed by atoms with van der Waals surface area (Å²) >= 11 is 0. The van der Waals surface area contributed by atoms with Crippen LogP contribution in [-0.2, 0) is 4.79 Å². The maximum absolute atomic E-state index is 12.1. The molecule has 28 heavy (non-hydrogen) atoms. The number of hydrogen-bond acceptors (Lipinski definition) is 4. The Morgan fingerprint density at radius 1 is 1.18 bits per heavy atom. The molecule has 7 nitrogen and oxygen atoms in total. The molecule has 2 aromatic rings. The van der Waals surface area contributed by atoms with E-state index in [1.807, 2.05) is 50.1 Å². The van der Waals surface area contributed by atoms with Gasteiger partial charge < -0.3 is 25.4 Å². The van der Waals surface area contributed by atoms with Gasteiger partial charge in [-0.05, 0) is 49.7 Å². The molecule has 0 aliphatic rings. The molecule has 0 saturated carbocycles. The summed E-state index contributed by atoms with van der Waals surface area (Å²) in [5, 5.41) is 15.2. The zero-order chi connectivity index (χ0) is 20.4. The molecule has 3 N–H and O–H groups in total. The highest BCUT2D eigenvalue weighted by atomic mass is 16.5. The van der Waals surface area contributed by atoms with Crippen LogP contribution in [0.1, 0.15) is 12.5 Å². The molecular formula is C21H28N4O3. The van der Waals surface area contributed by atoms with Crippen LogP contribution < -0.4 is 15.4 Å². The zero-order valence-corrected chi connectivity index (χ0v) is 16.6. The van der Waals surface area contributed by atoms with Gasteiger partial charge in [-0.1, -0.05) is 18.2 Å². The van der Waals surface area contributed by atoms with Crippen molar-refractivity contribution in [1.82, 2.24) is 10.2 Å². The van der Waals surface area contributed by atoms with E-state index < -0.39 is 0 Å². The summed E-state index contributed by atoms with van der Waals surface area (Å²) < 4.78 is 5.83. The van der Waals surface area contributed by atoms with Crippen LogP contribution in [0.5, 0.6) is 11.5 Å². The van der Waals surface area contributed by atoms with Gasteiger partial charge in [-0.25, -0.2) is 4.99 Å². The second-order valence-corrected chi connectivity index (χ2v) is 6.30. The van der Waals surface area contributed by atoms with Crippen molar-refractivity contribution < 1.29 is 14.6 Å². The Morgan fingerprint density at radius 2 is 1.89 bits per heavy atom. The third-order valence-corrected chi connectivity index (χ3v) is 4.00. The molecule has 0 aliphatic carbocycles. The van der Waals surface area contributed by atoms with Gasteiger partial charge in [0.2, 0.25) is 5.91 Å². The van der Waals surface area contributed by atoms with Crippen LogP contribution in [0, 0.1) is 6.92 Å². The van der Waals surface area contributed by atoms with E-state index in [9.17, 15) is 9.90 Å². The smallest absolute Gasteiger partial charge is 0.246 e. The first kappa shape index (κ1) is 21.1. The number of ether oxygens (including phenoxy) is 1. The molecule has 7 heteroatoms. The number of nitrogens with zero attached hydrogens (tertiary/aromatic N) is 2. The Labute approximate surface area is 166 Å². The molecule has 0 bridgehead atoms. The van der Waals surface area contributed by atoms with Gasteiger partial charge in [-0.15, -0.1) is 0 Å². The fourth-order valence-corrected chi connectivity index (χ4v) is 2.48. The molecule has 0 spiro atoms. The second kappa shape index (κ2) is 10.8. The summed E-state index contributed by atoms with van der Waals surface area (Å²) in [5.74, 6) is 1.42. The molecule has 0 radical (unpaired) electrons. The Hall–Kier alpha value is -3.22. The van der Waals surface area contributed by atoms with Gasteiger partial charge in [0.1, 0.15) is 24.7 Å². The lowest BCUT2D eigenvalue weighted by molar-refractivity contribution is -0.114. The van der Waals surface area contributed by atoms with Crippen molar-refractivity contribution in [3.8, 4) is 11.5 Å². The average Bonchev–Trinajstić information content (AvgIpc) is 2.68. The number of carbonyl (C=O) groups excluding carboxylic acids is 1. The molecular weight excluding hydrogens is 356 g/mol. The number of aromatic hydroxyl groups is 1. The molecule has 150 valence electrons. The van der Waals surface area contributed by atoms with E-state index in [2.05, 4.69) is 15.6 Å². The molecule has 2 aromatic carbocycles. The van der Waals surface area contributed by atoms with Crippen molar-refractivity contribution in [2.45, 2.75) is 13.8 Å². The number of nitrogens with one attached hydrogen (secondary N) is 2. The van der Waals surface area contributed by atoms with Gasteiger partial charge in [-0.3, -0.25) is 4.79 Å². The number of rotatable bonds is 8. The summed E-state index contributed by atoms with van der Waals surface area (Å²) in [6, 6.07) is 14.2. The summed E-state index contributed by atoms with van der Waals surface area (Å²) in [6.45, 7) is 5.81. The van der Waals surface area contributed by atoms with Crippen LogP contribution in [0.3, 0.4) is 0 Å². The Bertz CT molecular complexity index is 790. The maximum atomic E-state index is 12.1. The fraction of sp³-hybridized carbons (Fsp3) is 0.333. The molecule has 2 rings (SSSR count). The van der Waals surface area contributed by atoms with E-state index in [0.29, 0.717) is 31.3 Å². The number of amides is 1. The van der Waals surface area contributed by atoms with Crippen molar-refractivity contribution in [3.63, 3.8) is 0 Å². The molecule has 0 aliphatic heterocycles. The van der Waals surface area contributed by atoms with Crippen LogP contribution in [-0.4, -0.2) is 55.2 Å². The van der Waals surface area contributed by atoms with Crippen molar-refractivity contribution in [3.05, 3.63) is 54.1 Å². The number of hydrogen-bond donors (Lipinski definition) is 3. The van der Waals surface area contributed by atoms with E-state index in [0.717, 1.165) is 11.3 Å². The second-order valence-electron chi connectivity index (χ2n) is 6.30. The topological polar surface area (TPSA) is 86.2 Å². The highest BCUT2D eigenvalue weighted by molar-refractivity contribution is 5.94. The van der Waals surface area contributed by atoms with E-state index in [1.165, 1.54) is 12.1 Å². The number of carbonyl (C=O) groups is 1. The van der Waals surface area contributed by atoms with E-state index >= 15 is 0 Å². The molecule has 0 fully saturated rings. The van der Waals surface area contributed by atoms with Crippen LogP contribution >= 0.6 is 0 Å². The first-order valence-electron chi connectivity index (χ1n) is 9.26. The molecule has 1 amide bonds. The summed E-state index contributed by atoms with van der Waals surface area (Å²) in [7, 11) is 1.90. The van der Waals surface area contributed by atoms with Crippen molar-refractivity contribution in [2.75, 3.05) is 38.6 Å². The van der Waals surface area contributed by atoms with E-state index in [-0.39, 0.29) is 18.2 Å². The van der Waals surface area contributed by atoms with Crippen LogP contribution in [0.2, 0.25) is 0 Å². The number of phenolic OH excluding ortho intramolecular Hbond substituents is 1. The summed E-state index contributed by atoms with van der Waals surface area (Å²) in [6.07, 6.45) is 0. The number of para-hydroxylation sites is 1. The molecule has 0 atom stereocenters. The first-order valence-corrected chi connectivity index (χ1v) is 9.26. The fourth-order valence-electron chi connectivity index (χ4n) is 2.48. The Balaban J connectivity index is 1.86. The van der Waals surface area contributed by atoms with Crippen molar-refractivity contribution in [2.24, 2.45) is 4.99 Å². The minimum absolute atomic E-state index is 0.00774. The van der Waals surface area contributed by atoms with Crippen molar-refractivity contribution >= 4 is 17.6 Å². The highest BCUT2D eigenvalue weighted by Gasteiger charge is 2.08. The normalized spacial score (nSPS) is 11.0. The summed E-state index contributed by atoms with van der Waals surface area (Å²) in [4.78, 5) is 18.4. The molecule has 0 aromatic heterocycles. The molecule has 0 unspecified atom stereocenters. The lowest BCUT2D eigenvalue weighted by Crippen LogP contribution is -2.41. The molecule has 0 saturated heterocycles. The van der Waals surface area contributed by atoms with E-state index in [4.69, 9.17) is 4.74 Å².